The summed E-state index contributed by atoms with van der Waals surface area (Å²) in [4.78, 5) is 18.2. The lowest BCUT2D eigenvalue weighted by Gasteiger charge is -2.32. The van der Waals surface area contributed by atoms with Crippen LogP contribution < -0.4 is 10.6 Å². The predicted octanol–water partition coefficient (Wildman–Crippen LogP) is 3.03. The number of aliphatic imine (C=N–C) groups is 1. The van der Waals surface area contributed by atoms with Crippen LogP contribution in [0.15, 0.2) is 35.3 Å². The molecule has 1 aliphatic carbocycles. The summed E-state index contributed by atoms with van der Waals surface area (Å²) in [7, 11) is 3.53. The van der Waals surface area contributed by atoms with Crippen LogP contribution >= 0.6 is 0 Å². The molecule has 1 aliphatic rings. The Hall–Kier alpha value is -2.04. The quantitative estimate of drug-likeness (QED) is 0.582. The molecule has 144 valence electrons. The van der Waals surface area contributed by atoms with Crippen molar-refractivity contribution in [2.45, 2.75) is 46.1 Å². The van der Waals surface area contributed by atoms with Gasteiger partial charge < -0.3 is 15.5 Å². The minimum atomic E-state index is 0.0364. The molecule has 0 unspecified atom stereocenters. The maximum Gasteiger partial charge on any atom is 0.241 e. The van der Waals surface area contributed by atoms with Crippen molar-refractivity contribution in [2.24, 2.45) is 16.3 Å². The summed E-state index contributed by atoms with van der Waals surface area (Å²) < 4.78 is 0. The summed E-state index contributed by atoms with van der Waals surface area (Å²) in [5.41, 5.74) is 1.37. The van der Waals surface area contributed by atoms with Gasteiger partial charge in [-0.25, -0.2) is 4.99 Å². The highest BCUT2D eigenvalue weighted by Gasteiger charge is 2.31. The highest BCUT2D eigenvalue weighted by atomic mass is 16.2. The Morgan fingerprint density at radius 3 is 2.42 bits per heavy atom. The van der Waals surface area contributed by atoms with E-state index in [0.29, 0.717) is 12.5 Å². The molecule has 0 bridgehead atoms. The topological polar surface area (TPSA) is 56.7 Å². The molecule has 0 aromatic heterocycles. The van der Waals surface area contributed by atoms with Crippen molar-refractivity contribution in [3.63, 3.8) is 0 Å². The van der Waals surface area contributed by atoms with E-state index in [2.05, 4.69) is 41.6 Å². The number of guanidine groups is 1. The normalized spacial score (nSPS) is 15.8. The van der Waals surface area contributed by atoms with Gasteiger partial charge in [-0.2, -0.15) is 0 Å². The molecule has 1 aromatic carbocycles. The molecule has 1 aromatic rings. The molecule has 1 saturated carbocycles. The molecule has 0 atom stereocenters. The monoisotopic (exact) mass is 358 g/mol. The number of nitrogens with one attached hydrogen (secondary N) is 2. The van der Waals surface area contributed by atoms with E-state index in [0.717, 1.165) is 18.0 Å². The molecule has 1 fully saturated rings. The van der Waals surface area contributed by atoms with Crippen molar-refractivity contribution in [1.29, 1.82) is 0 Å². The molecule has 26 heavy (non-hydrogen) atoms. The Kier molecular flexibility index (Phi) is 7.49. The van der Waals surface area contributed by atoms with E-state index in [1.165, 1.54) is 25.7 Å². The lowest BCUT2D eigenvalue weighted by molar-refractivity contribution is -0.127. The largest absolute Gasteiger partial charge is 0.356 e. The molecule has 0 radical (unpaired) electrons. The summed E-state index contributed by atoms with van der Waals surface area (Å²) in [6.07, 6.45) is 5.33. The van der Waals surface area contributed by atoms with Crippen molar-refractivity contribution < 1.29 is 4.79 Å². The van der Waals surface area contributed by atoms with Gasteiger partial charge in [0.15, 0.2) is 5.96 Å². The van der Waals surface area contributed by atoms with Crippen LogP contribution in [0.5, 0.6) is 0 Å². The van der Waals surface area contributed by atoms with Crippen molar-refractivity contribution in [3.05, 3.63) is 35.9 Å². The zero-order valence-electron chi connectivity index (χ0n) is 16.7. The second kappa shape index (κ2) is 9.60. The van der Waals surface area contributed by atoms with Crippen molar-refractivity contribution in [3.8, 4) is 0 Å². The first kappa shape index (κ1) is 20.3. The summed E-state index contributed by atoms with van der Waals surface area (Å²) >= 11 is 0. The smallest absolute Gasteiger partial charge is 0.241 e. The van der Waals surface area contributed by atoms with Gasteiger partial charge >= 0.3 is 0 Å². The van der Waals surface area contributed by atoms with Gasteiger partial charge in [0.25, 0.3) is 0 Å². The SMILES string of the molecule is CN(C)C(=O)CNC(=NCc1ccccc1)NCC(C)(C)C1CCCC1. The number of benzene rings is 1. The Balaban J connectivity index is 1.98. The van der Waals surface area contributed by atoms with Gasteiger partial charge in [0, 0.05) is 20.6 Å². The predicted molar refractivity (Wildman–Crippen MR) is 108 cm³/mol. The first-order chi connectivity index (χ1) is 12.4. The van der Waals surface area contributed by atoms with Crippen LogP contribution in [-0.2, 0) is 11.3 Å². The average molecular weight is 359 g/mol. The number of hydrogen-bond donors (Lipinski definition) is 2. The van der Waals surface area contributed by atoms with Crippen LogP contribution in [0.2, 0.25) is 0 Å². The molecular formula is C21H34N4O. The number of nitrogens with zero attached hydrogens (tertiary/aromatic N) is 2. The molecule has 2 N–H and O–H groups in total. The molecular weight excluding hydrogens is 324 g/mol. The van der Waals surface area contributed by atoms with Gasteiger partial charge in [-0.3, -0.25) is 4.79 Å². The standard InChI is InChI=1S/C21H34N4O/c1-21(2,18-12-8-9-13-18)16-24-20(23-15-19(26)25(3)4)22-14-17-10-6-5-7-11-17/h5-7,10-11,18H,8-9,12-16H2,1-4H3,(H2,22,23,24). The van der Waals surface area contributed by atoms with E-state index in [1.54, 1.807) is 19.0 Å². The lowest BCUT2D eigenvalue weighted by Crippen LogP contribution is -2.46. The van der Waals surface area contributed by atoms with Crippen LogP contribution in [-0.4, -0.2) is 44.0 Å². The van der Waals surface area contributed by atoms with Crippen LogP contribution in [0.3, 0.4) is 0 Å². The Morgan fingerprint density at radius 1 is 1.15 bits per heavy atom. The van der Waals surface area contributed by atoms with Gasteiger partial charge in [0.2, 0.25) is 5.91 Å². The number of hydrogen-bond acceptors (Lipinski definition) is 2. The first-order valence-corrected chi connectivity index (χ1v) is 9.65. The van der Waals surface area contributed by atoms with E-state index in [1.807, 2.05) is 18.2 Å². The Morgan fingerprint density at radius 2 is 1.81 bits per heavy atom. The van der Waals surface area contributed by atoms with Crippen molar-refractivity contribution in [1.82, 2.24) is 15.5 Å². The zero-order valence-corrected chi connectivity index (χ0v) is 16.7. The van der Waals surface area contributed by atoms with Crippen LogP contribution in [0.1, 0.15) is 45.1 Å². The van der Waals surface area contributed by atoms with Gasteiger partial charge in [-0.05, 0) is 29.7 Å². The summed E-state index contributed by atoms with van der Waals surface area (Å²) in [5.74, 6) is 1.50. The second-order valence-corrected chi connectivity index (χ2v) is 8.12. The fourth-order valence-corrected chi connectivity index (χ4v) is 3.41. The van der Waals surface area contributed by atoms with Gasteiger partial charge in [-0.15, -0.1) is 0 Å². The van der Waals surface area contributed by atoms with E-state index in [-0.39, 0.29) is 17.9 Å². The van der Waals surface area contributed by atoms with E-state index >= 15 is 0 Å². The minimum Gasteiger partial charge on any atom is -0.356 e. The van der Waals surface area contributed by atoms with Crippen LogP contribution in [0, 0.1) is 11.3 Å². The summed E-state index contributed by atoms with van der Waals surface area (Å²) in [5, 5.41) is 6.65. The third-order valence-electron chi connectivity index (χ3n) is 5.34. The fraction of sp³-hybridized carbons (Fsp3) is 0.619. The molecule has 0 heterocycles. The maximum absolute atomic E-state index is 11.9. The molecule has 1 amide bonds. The number of carbonyl (C=O) groups excluding carboxylic acids is 1. The summed E-state index contributed by atoms with van der Waals surface area (Å²) in [6.45, 7) is 6.35. The zero-order chi connectivity index (χ0) is 19.0. The Bertz CT molecular complexity index is 589. The number of rotatable bonds is 7. The summed E-state index contributed by atoms with van der Waals surface area (Å²) in [6, 6.07) is 10.2. The Labute approximate surface area is 158 Å². The molecule has 5 nitrogen and oxygen atoms in total. The molecule has 0 saturated heterocycles. The van der Waals surface area contributed by atoms with E-state index < -0.39 is 0 Å². The van der Waals surface area contributed by atoms with Crippen molar-refractivity contribution >= 4 is 11.9 Å². The second-order valence-electron chi connectivity index (χ2n) is 8.12. The van der Waals surface area contributed by atoms with Crippen LogP contribution in [0.25, 0.3) is 0 Å². The third kappa shape index (κ3) is 6.36. The molecule has 2 rings (SSSR count). The van der Waals surface area contributed by atoms with Gasteiger partial charge in [-0.1, -0.05) is 57.0 Å². The third-order valence-corrected chi connectivity index (χ3v) is 5.34. The molecule has 0 aliphatic heterocycles. The maximum atomic E-state index is 11.9. The van der Waals surface area contributed by atoms with E-state index in [4.69, 9.17) is 0 Å². The highest BCUT2D eigenvalue weighted by Crippen LogP contribution is 2.38. The number of amides is 1. The highest BCUT2D eigenvalue weighted by molar-refractivity contribution is 5.86. The first-order valence-electron chi connectivity index (χ1n) is 9.65. The number of likely N-dealkylation sites (N-methyl/N-ethyl adjacent to an activating group) is 1. The van der Waals surface area contributed by atoms with Gasteiger partial charge in [0.1, 0.15) is 0 Å². The van der Waals surface area contributed by atoms with Crippen LogP contribution in [0.4, 0.5) is 0 Å². The minimum absolute atomic E-state index is 0.0364. The lowest BCUT2D eigenvalue weighted by atomic mass is 9.78. The average Bonchev–Trinajstić information content (AvgIpc) is 3.17. The number of carbonyl (C=O) groups is 1. The molecule has 0 spiro atoms. The fourth-order valence-electron chi connectivity index (χ4n) is 3.41. The van der Waals surface area contributed by atoms with Gasteiger partial charge in [0.05, 0.1) is 13.1 Å². The van der Waals surface area contributed by atoms with E-state index in [9.17, 15) is 4.79 Å². The van der Waals surface area contributed by atoms with Crippen molar-refractivity contribution in [2.75, 3.05) is 27.2 Å². The molecule has 5 heteroatoms.